The maximum absolute atomic E-state index is 13.7. The molecule has 4 nitrogen and oxygen atoms in total. The molecule has 142 valence electrons. The van der Waals surface area contributed by atoms with E-state index in [1.807, 2.05) is 11.5 Å². The summed E-state index contributed by atoms with van der Waals surface area (Å²) in [6.07, 6.45) is 0. The summed E-state index contributed by atoms with van der Waals surface area (Å²) in [5, 5.41) is 11.9. The van der Waals surface area contributed by atoms with E-state index in [4.69, 9.17) is 4.74 Å². The second-order valence-electron chi connectivity index (χ2n) is 6.29. The molecule has 0 N–H and O–H groups in total. The highest BCUT2D eigenvalue weighted by Crippen LogP contribution is 2.27. The number of thioether (sulfide) groups is 1. The van der Waals surface area contributed by atoms with Crippen molar-refractivity contribution in [1.29, 1.82) is 0 Å². The molecule has 1 aromatic heterocycles. The number of halogens is 1. The van der Waals surface area contributed by atoms with Gasteiger partial charge in [-0.25, -0.2) is 4.39 Å². The van der Waals surface area contributed by atoms with E-state index >= 15 is 0 Å². The molecule has 0 spiro atoms. The Labute approximate surface area is 167 Å². The third-order valence-corrected chi connectivity index (χ3v) is 5.56. The Hall–Kier alpha value is -2.86. The Morgan fingerprint density at radius 2 is 1.75 bits per heavy atom. The molecule has 3 aromatic carbocycles. The van der Waals surface area contributed by atoms with Gasteiger partial charge in [0, 0.05) is 12.3 Å². The van der Waals surface area contributed by atoms with Gasteiger partial charge in [-0.15, -0.1) is 10.2 Å². The molecular weight excluding hydrogens is 373 g/mol. The average molecular weight is 393 g/mol. The highest BCUT2D eigenvalue weighted by molar-refractivity contribution is 7.98. The van der Waals surface area contributed by atoms with E-state index in [2.05, 4.69) is 52.7 Å². The fourth-order valence-corrected chi connectivity index (χ4v) is 4.14. The summed E-state index contributed by atoms with van der Waals surface area (Å²) in [6, 6.07) is 21.1. The molecule has 0 unspecified atom stereocenters. The van der Waals surface area contributed by atoms with Crippen molar-refractivity contribution in [3.63, 3.8) is 0 Å². The van der Waals surface area contributed by atoms with Crippen LogP contribution in [0.4, 0.5) is 4.39 Å². The Bertz CT molecular complexity index is 1090. The van der Waals surface area contributed by atoms with Gasteiger partial charge in [0.2, 0.25) is 0 Å². The van der Waals surface area contributed by atoms with Gasteiger partial charge < -0.3 is 9.30 Å². The van der Waals surface area contributed by atoms with Crippen LogP contribution in [0.2, 0.25) is 0 Å². The molecule has 4 aromatic rings. The minimum Gasteiger partial charge on any atom is -0.483 e. The fourth-order valence-electron chi connectivity index (χ4n) is 3.11. The first-order chi connectivity index (χ1) is 13.8. The molecule has 0 aliphatic carbocycles. The number of hydrogen-bond acceptors (Lipinski definition) is 4. The van der Waals surface area contributed by atoms with Crippen LogP contribution in [0, 0.1) is 5.82 Å². The van der Waals surface area contributed by atoms with Crippen molar-refractivity contribution < 1.29 is 9.13 Å². The molecule has 0 aliphatic heterocycles. The number of para-hydroxylation sites is 1. The highest BCUT2D eigenvalue weighted by atomic mass is 32.2. The van der Waals surface area contributed by atoms with Crippen LogP contribution in [0.25, 0.3) is 10.8 Å². The van der Waals surface area contributed by atoms with E-state index < -0.39 is 0 Å². The summed E-state index contributed by atoms with van der Waals surface area (Å²) in [5.41, 5.74) is 1.26. The van der Waals surface area contributed by atoms with Crippen molar-refractivity contribution in [1.82, 2.24) is 14.8 Å². The summed E-state index contributed by atoms with van der Waals surface area (Å²) in [4.78, 5) is 0. The third-order valence-electron chi connectivity index (χ3n) is 4.54. The van der Waals surface area contributed by atoms with Crippen LogP contribution in [0.15, 0.2) is 71.9 Å². The quantitative estimate of drug-likeness (QED) is 0.391. The number of benzene rings is 3. The van der Waals surface area contributed by atoms with Crippen molar-refractivity contribution in [2.45, 2.75) is 31.0 Å². The van der Waals surface area contributed by atoms with Crippen LogP contribution in [-0.4, -0.2) is 14.8 Å². The molecule has 0 amide bonds. The standard InChI is InChI=1S/C22H20FN3OS/c1-2-26-21(14-27-20-13-6-5-12-19(20)23)24-25-22(26)28-15-17-10-7-9-16-8-3-4-11-18(16)17/h3-13H,2,14-15H2,1H3. The lowest BCUT2D eigenvalue weighted by molar-refractivity contribution is 0.274. The van der Waals surface area contributed by atoms with Gasteiger partial charge in [0.05, 0.1) is 0 Å². The first kappa shape index (κ1) is 18.5. The van der Waals surface area contributed by atoms with Crippen molar-refractivity contribution in [2.75, 3.05) is 0 Å². The van der Waals surface area contributed by atoms with E-state index in [-0.39, 0.29) is 18.2 Å². The maximum Gasteiger partial charge on any atom is 0.191 e. The summed E-state index contributed by atoms with van der Waals surface area (Å²) < 4.78 is 21.3. The van der Waals surface area contributed by atoms with E-state index in [9.17, 15) is 4.39 Å². The van der Waals surface area contributed by atoms with Crippen molar-refractivity contribution in [2.24, 2.45) is 0 Å². The normalized spacial score (nSPS) is 11.1. The molecular formula is C22H20FN3OS. The van der Waals surface area contributed by atoms with Crippen molar-refractivity contribution in [3.8, 4) is 5.75 Å². The van der Waals surface area contributed by atoms with Crippen LogP contribution in [0.5, 0.6) is 5.75 Å². The zero-order chi connectivity index (χ0) is 19.3. The van der Waals surface area contributed by atoms with Gasteiger partial charge in [-0.1, -0.05) is 66.4 Å². The maximum atomic E-state index is 13.7. The van der Waals surface area contributed by atoms with Gasteiger partial charge in [-0.3, -0.25) is 0 Å². The molecule has 0 fully saturated rings. The molecule has 1 heterocycles. The van der Waals surface area contributed by atoms with E-state index in [1.54, 1.807) is 30.0 Å². The number of aromatic nitrogens is 3. The van der Waals surface area contributed by atoms with Gasteiger partial charge in [-0.05, 0) is 35.4 Å². The van der Waals surface area contributed by atoms with E-state index in [0.717, 1.165) is 17.5 Å². The predicted octanol–water partition coefficient (Wildman–Crippen LogP) is 5.46. The first-order valence-electron chi connectivity index (χ1n) is 9.15. The fraction of sp³-hybridized carbons (Fsp3) is 0.182. The smallest absolute Gasteiger partial charge is 0.191 e. The van der Waals surface area contributed by atoms with E-state index in [0.29, 0.717) is 5.82 Å². The second-order valence-corrected chi connectivity index (χ2v) is 7.23. The van der Waals surface area contributed by atoms with Crippen LogP contribution in [-0.2, 0) is 18.9 Å². The van der Waals surface area contributed by atoms with Crippen LogP contribution >= 0.6 is 11.8 Å². The van der Waals surface area contributed by atoms with Crippen LogP contribution in [0.1, 0.15) is 18.3 Å². The van der Waals surface area contributed by atoms with Crippen molar-refractivity contribution >= 4 is 22.5 Å². The van der Waals surface area contributed by atoms with Gasteiger partial charge in [0.15, 0.2) is 22.5 Å². The van der Waals surface area contributed by atoms with Gasteiger partial charge in [-0.2, -0.15) is 0 Å². The lowest BCUT2D eigenvalue weighted by atomic mass is 10.1. The van der Waals surface area contributed by atoms with Gasteiger partial charge in [0.25, 0.3) is 0 Å². The minimum atomic E-state index is -0.379. The van der Waals surface area contributed by atoms with Gasteiger partial charge >= 0.3 is 0 Å². The number of hydrogen-bond donors (Lipinski definition) is 0. The number of rotatable bonds is 7. The minimum absolute atomic E-state index is 0.177. The Balaban J connectivity index is 1.49. The number of nitrogens with zero attached hydrogens (tertiary/aromatic N) is 3. The topological polar surface area (TPSA) is 39.9 Å². The van der Waals surface area contributed by atoms with Crippen molar-refractivity contribution in [3.05, 3.63) is 83.9 Å². The molecule has 0 radical (unpaired) electrons. The molecule has 0 atom stereocenters. The number of ether oxygens (including phenoxy) is 1. The molecule has 0 bridgehead atoms. The Morgan fingerprint density at radius 1 is 0.964 bits per heavy atom. The highest BCUT2D eigenvalue weighted by Gasteiger charge is 2.13. The Morgan fingerprint density at radius 3 is 2.61 bits per heavy atom. The number of fused-ring (bicyclic) bond motifs is 1. The summed E-state index contributed by atoms with van der Waals surface area (Å²) in [5.74, 6) is 1.33. The van der Waals surface area contributed by atoms with Crippen LogP contribution in [0.3, 0.4) is 0 Å². The zero-order valence-electron chi connectivity index (χ0n) is 15.5. The molecule has 6 heteroatoms. The second kappa shape index (κ2) is 8.44. The molecule has 0 saturated heterocycles. The summed E-state index contributed by atoms with van der Waals surface area (Å²) in [7, 11) is 0. The monoisotopic (exact) mass is 393 g/mol. The molecule has 0 aliphatic rings. The van der Waals surface area contributed by atoms with Crippen LogP contribution < -0.4 is 4.74 Å². The largest absolute Gasteiger partial charge is 0.483 e. The molecule has 0 saturated carbocycles. The zero-order valence-corrected chi connectivity index (χ0v) is 16.3. The summed E-state index contributed by atoms with van der Waals surface area (Å²) in [6.45, 7) is 2.94. The Kier molecular flexibility index (Phi) is 5.58. The predicted molar refractivity (Wildman–Crippen MR) is 110 cm³/mol. The van der Waals surface area contributed by atoms with Gasteiger partial charge in [0.1, 0.15) is 6.61 Å². The average Bonchev–Trinajstić information content (AvgIpc) is 3.13. The first-order valence-corrected chi connectivity index (χ1v) is 10.1. The molecule has 4 rings (SSSR count). The SMILES string of the molecule is CCn1c(COc2ccccc2F)nnc1SCc1cccc2ccccc12. The molecule has 28 heavy (non-hydrogen) atoms. The van der Waals surface area contributed by atoms with E-state index in [1.165, 1.54) is 22.4 Å². The lowest BCUT2D eigenvalue weighted by Crippen LogP contribution is -2.07. The third kappa shape index (κ3) is 3.87. The lowest BCUT2D eigenvalue weighted by Gasteiger charge is -2.10. The summed E-state index contributed by atoms with van der Waals surface area (Å²) >= 11 is 1.64.